The molecule has 2 aromatic rings. The van der Waals surface area contributed by atoms with Crippen LogP contribution in [0.3, 0.4) is 0 Å². The molecule has 1 aliphatic rings. The first-order valence-electron chi connectivity index (χ1n) is 9.20. The maximum absolute atomic E-state index is 11.9. The lowest BCUT2D eigenvalue weighted by atomic mass is 10.1. The predicted molar refractivity (Wildman–Crippen MR) is 104 cm³/mol. The molecule has 1 saturated carbocycles. The summed E-state index contributed by atoms with van der Waals surface area (Å²) in [7, 11) is 0. The summed E-state index contributed by atoms with van der Waals surface area (Å²) in [5.74, 6) is 7.62. The largest absolute Gasteiger partial charge is 0.491 e. The van der Waals surface area contributed by atoms with Crippen LogP contribution in [0.5, 0.6) is 5.75 Å². The molecule has 1 fully saturated rings. The lowest BCUT2D eigenvalue weighted by molar-refractivity contribution is -0.122. The maximum atomic E-state index is 11.9. The Bertz CT molecular complexity index is 806. The summed E-state index contributed by atoms with van der Waals surface area (Å²) in [4.78, 5) is 11.9. The summed E-state index contributed by atoms with van der Waals surface area (Å²) < 4.78 is 5.64. The van der Waals surface area contributed by atoms with Crippen LogP contribution in [0.2, 0.25) is 0 Å². The average molecular weight is 347 g/mol. The van der Waals surface area contributed by atoms with Gasteiger partial charge in [-0.15, -0.1) is 0 Å². The minimum atomic E-state index is 0.0265. The van der Waals surface area contributed by atoms with Crippen LogP contribution >= 0.6 is 0 Å². The Hall–Kier alpha value is -2.73. The predicted octanol–water partition coefficient (Wildman–Crippen LogP) is 4.46. The molecule has 3 heteroatoms. The summed E-state index contributed by atoms with van der Waals surface area (Å²) in [6.07, 6.45) is 2.22. The smallest absolute Gasteiger partial charge is 0.223 e. The normalized spacial score (nSPS) is 14.3. The van der Waals surface area contributed by atoms with Gasteiger partial charge in [0.25, 0.3) is 0 Å². The van der Waals surface area contributed by atoms with Crippen LogP contribution in [0.15, 0.2) is 48.5 Å². The van der Waals surface area contributed by atoms with Crippen molar-refractivity contribution in [3.63, 3.8) is 0 Å². The topological polar surface area (TPSA) is 38.3 Å². The van der Waals surface area contributed by atoms with Crippen molar-refractivity contribution in [3.8, 4) is 17.6 Å². The Kier molecular flexibility index (Phi) is 5.63. The summed E-state index contributed by atoms with van der Waals surface area (Å²) in [5.41, 5.74) is 3.01. The lowest BCUT2D eigenvalue weighted by Gasteiger charge is -2.14. The molecule has 1 atom stereocenters. The van der Waals surface area contributed by atoms with Gasteiger partial charge in [-0.05, 0) is 75.6 Å². The van der Waals surface area contributed by atoms with Gasteiger partial charge in [-0.3, -0.25) is 4.79 Å². The van der Waals surface area contributed by atoms with Gasteiger partial charge < -0.3 is 10.1 Å². The number of carbonyl (C=O) groups excluding carboxylic acids is 1. The van der Waals surface area contributed by atoms with Crippen molar-refractivity contribution in [2.24, 2.45) is 5.92 Å². The highest BCUT2D eigenvalue weighted by Gasteiger charge is 2.30. The molecule has 1 unspecified atom stereocenters. The second-order valence-corrected chi connectivity index (χ2v) is 7.07. The number of benzene rings is 2. The molecule has 1 amide bonds. The van der Waals surface area contributed by atoms with Gasteiger partial charge in [-0.25, -0.2) is 0 Å². The van der Waals surface area contributed by atoms with Crippen LogP contribution in [0.25, 0.3) is 0 Å². The van der Waals surface area contributed by atoms with E-state index >= 15 is 0 Å². The van der Waals surface area contributed by atoms with E-state index in [-0.39, 0.29) is 24.0 Å². The van der Waals surface area contributed by atoms with E-state index in [1.54, 1.807) is 0 Å². The zero-order valence-corrected chi connectivity index (χ0v) is 15.6. The minimum absolute atomic E-state index is 0.0265. The van der Waals surface area contributed by atoms with Crippen molar-refractivity contribution in [1.29, 1.82) is 0 Å². The Balaban J connectivity index is 1.60. The molecule has 3 rings (SSSR count). The van der Waals surface area contributed by atoms with Crippen LogP contribution in [0.4, 0.5) is 0 Å². The van der Waals surface area contributed by atoms with Crippen molar-refractivity contribution >= 4 is 5.91 Å². The fourth-order valence-electron chi connectivity index (χ4n) is 2.65. The zero-order chi connectivity index (χ0) is 18.5. The van der Waals surface area contributed by atoms with E-state index in [1.165, 1.54) is 0 Å². The number of carbonyl (C=O) groups is 1. The van der Waals surface area contributed by atoms with Crippen LogP contribution in [0, 0.1) is 17.8 Å². The van der Waals surface area contributed by atoms with E-state index in [9.17, 15) is 4.79 Å². The number of hydrogen-bond acceptors (Lipinski definition) is 2. The standard InChI is InChI=1S/C23H25NO2/c1-16(2)26-22-14-8-19(9-15-22)5-4-18-6-10-20(11-7-18)17(3)24-23(25)21-12-13-21/h6-11,14-17,21H,12-13H2,1-3H3,(H,24,25). The third-order valence-corrected chi connectivity index (χ3v) is 4.29. The van der Waals surface area contributed by atoms with E-state index in [0.29, 0.717) is 0 Å². The van der Waals surface area contributed by atoms with Gasteiger partial charge in [0.2, 0.25) is 5.91 Å². The first-order chi connectivity index (χ1) is 12.5. The fourth-order valence-corrected chi connectivity index (χ4v) is 2.65. The van der Waals surface area contributed by atoms with Crippen LogP contribution in [-0.4, -0.2) is 12.0 Å². The highest BCUT2D eigenvalue weighted by Crippen LogP contribution is 2.29. The number of nitrogens with one attached hydrogen (secondary N) is 1. The number of hydrogen-bond donors (Lipinski definition) is 1. The Labute approximate surface area is 155 Å². The van der Waals surface area contributed by atoms with Gasteiger partial charge in [-0.1, -0.05) is 24.0 Å². The van der Waals surface area contributed by atoms with Crippen molar-refractivity contribution in [2.45, 2.75) is 45.8 Å². The second kappa shape index (κ2) is 8.10. The molecular weight excluding hydrogens is 322 g/mol. The SMILES string of the molecule is CC(C)Oc1ccc(C#Cc2ccc(C(C)NC(=O)C3CC3)cc2)cc1. The van der Waals surface area contributed by atoms with Gasteiger partial charge in [0.15, 0.2) is 0 Å². The first-order valence-corrected chi connectivity index (χ1v) is 9.20. The Morgan fingerprint density at radius 2 is 1.50 bits per heavy atom. The maximum Gasteiger partial charge on any atom is 0.223 e. The molecule has 0 radical (unpaired) electrons. The van der Waals surface area contributed by atoms with Crippen molar-refractivity contribution in [1.82, 2.24) is 5.32 Å². The van der Waals surface area contributed by atoms with Crippen LogP contribution < -0.4 is 10.1 Å². The monoisotopic (exact) mass is 347 g/mol. The molecular formula is C23H25NO2. The van der Waals surface area contributed by atoms with Gasteiger partial charge in [0, 0.05) is 17.0 Å². The third kappa shape index (κ3) is 5.13. The third-order valence-electron chi connectivity index (χ3n) is 4.29. The molecule has 0 saturated heterocycles. The van der Waals surface area contributed by atoms with Gasteiger partial charge in [0.1, 0.15) is 5.75 Å². The summed E-state index contributed by atoms with van der Waals surface area (Å²) >= 11 is 0. The lowest BCUT2D eigenvalue weighted by Crippen LogP contribution is -2.27. The molecule has 0 bridgehead atoms. The quantitative estimate of drug-likeness (QED) is 0.811. The Morgan fingerprint density at radius 1 is 0.962 bits per heavy atom. The molecule has 1 N–H and O–H groups in total. The van der Waals surface area contributed by atoms with Crippen molar-refractivity contribution in [2.75, 3.05) is 0 Å². The second-order valence-electron chi connectivity index (χ2n) is 7.07. The Morgan fingerprint density at radius 3 is 2.00 bits per heavy atom. The van der Waals surface area contributed by atoms with E-state index in [0.717, 1.165) is 35.3 Å². The van der Waals surface area contributed by atoms with Gasteiger partial charge in [0.05, 0.1) is 12.1 Å². The van der Waals surface area contributed by atoms with Gasteiger partial charge >= 0.3 is 0 Å². The summed E-state index contributed by atoms with van der Waals surface area (Å²) in [6.45, 7) is 6.03. The zero-order valence-electron chi connectivity index (χ0n) is 15.6. The van der Waals surface area contributed by atoms with E-state index < -0.39 is 0 Å². The number of ether oxygens (including phenoxy) is 1. The van der Waals surface area contributed by atoms with Crippen molar-refractivity contribution in [3.05, 3.63) is 65.2 Å². The number of rotatable bonds is 5. The molecule has 3 nitrogen and oxygen atoms in total. The van der Waals surface area contributed by atoms with Gasteiger partial charge in [-0.2, -0.15) is 0 Å². The molecule has 0 aromatic heterocycles. The average Bonchev–Trinajstić information content (AvgIpc) is 3.46. The van der Waals surface area contributed by atoms with Crippen LogP contribution in [0.1, 0.15) is 56.3 Å². The molecule has 0 spiro atoms. The highest BCUT2D eigenvalue weighted by atomic mass is 16.5. The molecule has 134 valence electrons. The fraction of sp³-hybridized carbons (Fsp3) is 0.348. The van der Waals surface area contributed by atoms with E-state index in [1.807, 2.05) is 69.3 Å². The summed E-state index contributed by atoms with van der Waals surface area (Å²) in [6, 6.07) is 15.9. The van der Waals surface area contributed by atoms with E-state index in [2.05, 4.69) is 17.2 Å². The molecule has 0 heterocycles. The number of amides is 1. The summed E-state index contributed by atoms with van der Waals surface area (Å²) in [5, 5.41) is 3.07. The first kappa shape index (κ1) is 18.1. The molecule has 26 heavy (non-hydrogen) atoms. The van der Waals surface area contributed by atoms with E-state index in [4.69, 9.17) is 4.74 Å². The molecule has 1 aliphatic carbocycles. The minimum Gasteiger partial charge on any atom is -0.491 e. The van der Waals surface area contributed by atoms with Crippen molar-refractivity contribution < 1.29 is 9.53 Å². The molecule has 2 aromatic carbocycles. The van der Waals surface area contributed by atoms with Crippen LogP contribution in [-0.2, 0) is 4.79 Å². The molecule has 0 aliphatic heterocycles. The highest BCUT2D eigenvalue weighted by molar-refractivity contribution is 5.81.